The summed E-state index contributed by atoms with van der Waals surface area (Å²) in [5.41, 5.74) is 14.3. The second-order valence-corrected chi connectivity index (χ2v) is 14.3. The second kappa shape index (κ2) is 12.2. The van der Waals surface area contributed by atoms with Gasteiger partial charge in [0, 0.05) is 44.3 Å². The number of fused-ring (bicyclic) bond motifs is 5. The Morgan fingerprint density at radius 2 is 1.00 bits per heavy atom. The number of hydrogen-bond donors (Lipinski definition) is 0. The topological polar surface area (TPSA) is 34.0 Å². The molecule has 0 saturated carbocycles. The average molecular weight is 681 g/mol. The van der Waals surface area contributed by atoms with E-state index in [1.165, 1.54) is 44.3 Å². The number of rotatable bonds is 5. The van der Waals surface area contributed by atoms with Crippen molar-refractivity contribution in [2.24, 2.45) is 0 Å². The molecular weight excluding hydrogens is 645 g/mol. The Labute approximate surface area is 309 Å². The van der Waals surface area contributed by atoms with Crippen molar-refractivity contribution >= 4 is 38.9 Å². The molecule has 0 atom stereocenters. The highest BCUT2D eigenvalue weighted by atomic mass is 15.2. The van der Waals surface area contributed by atoms with Crippen LogP contribution < -0.4 is 4.90 Å². The summed E-state index contributed by atoms with van der Waals surface area (Å²) in [4.78, 5) is 12.5. The second-order valence-electron chi connectivity index (χ2n) is 14.3. The van der Waals surface area contributed by atoms with E-state index >= 15 is 0 Å². The van der Waals surface area contributed by atoms with E-state index in [2.05, 4.69) is 181 Å². The normalized spacial score (nSPS) is 13.2. The van der Waals surface area contributed by atoms with Gasteiger partial charge in [0.05, 0.1) is 33.8 Å². The summed E-state index contributed by atoms with van der Waals surface area (Å²) in [6, 6.07) is 64.7. The summed E-state index contributed by atoms with van der Waals surface area (Å²) in [6.07, 6.45) is 0. The summed E-state index contributed by atoms with van der Waals surface area (Å²) < 4.78 is 2.41. The van der Waals surface area contributed by atoms with Gasteiger partial charge in [0.15, 0.2) is 5.82 Å². The van der Waals surface area contributed by atoms with E-state index in [9.17, 15) is 0 Å². The van der Waals surface area contributed by atoms with E-state index < -0.39 is 0 Å². The first-order valence-electron chi connectivity index (χ1n) is 18.2. The molecule has 0 aliphatic carbocycles. The van der Waals surface area contributed by atoms with Crippen molar-refractivity contribution in [3.63, 3.8) is 0 Å². The Hall–Kier alpha value is -6.78. The zero-order valence-electron chi connectivity index (χ0n) is 29.6. The molecule has 0 spiro atoms. The Morgan fingerprint density at radius 1 is 0.415 bits per heavy atom. The molecule has 0 unspecified atom stereocenters. The fourth-order valence-corrected chi connectivity index (χ4v) is 8.14. The van der Waals surface area contributed by atoms with Crippen molar-refractivity contribution in [1.29, 1.82) is 0 Å². The minimum Gasteiger partial charge on any atom is -0.310 e. The Balaban J connectivity index is 1.16. The number of anilines is 3. The van der Waals surface area contributed by atoms with Crippen LogP contribution in [-0.2, 0) is 5.41 Å². The summed E-state index contributed by atoms with van der Waals surface area (Å²) >= 11 is 0. The minimum atomic E-state index is -0.213. The van der Waals surface area contributed by atoms with Crippen LogP contribution in [0.2, 0.25) is 0 Å². The van der Waals surface area contributed by atoms with E-state index in [0.29, 0.717) is 5.82 Å². The van der Waals surface area contributed by atoms with Crippen LogP contribution in [0.15, 0.2) is 182 Å². The van der Waals surface area contributed by atoms with Crippen LogP contribution in [-0.4, -0.2) is 14.5 Å². The number of aromatic nitrogens is 3. The van der Waals surface area contributed by atoms with Gasteiger partial charge in [-0.1, -0.05) is 141 Å². The van der Waals surface area contributed by atoms with Gasteiger partial charge in [0.25, 0.3) is 0 Å². The van der Waals surface area contributed by atoms with Crippen LogP contribution >= 0.6 is 0 Å². The molecule has 4 heteroatoms. The van der Waals surface area contributed by atoms with Crippen LogP contribution in [0.1, 0.15) is 25.0 Å². The van der Waals surface area contributed by atoms with Gasteiger partial charge in [0.2, 0.25) is 0 Å². The molecule has 1 aliphatic heterocycles. The molecule has 2 aromatic heterocycles. The maximum atomic E-state index is 5.10. The molecule has 10 rings (SSSR count). The van der Waals surface area contributed by atoms with Gasteiger partial charge in [-0.15, -0.1) is 0 Å². The largest absolute Gasteiger partial charge is 0.310 e. The standard InChI is InChI=1S/C49H36N4/c1-49(2)40-23-13-15-25-45(40)53(47-32-46-39(30-41(47)49)38-22-12-14-24-44(38)52(46)36-20-10-5-11-21-36)37-28-26-34(27-29-37)43-31-42(33-16-6-3-7-17-33)50-48(51-43)35-18-8-4-9-19-35/h3-32H,1-2H3. The maximum Gasteiger partial charge on any atom is 0.160 e. The van der Waals surface area contributed by atoms with Gasteiger partial charge in [-0.2, -0.15) is 0 Å². The van der Waals surface area contributed by atoms with Crippen molar-refractivity contribution in [2.75, 3.05) is 4.90 Å². The molecular formula is C49H36N4. The van der Waals surface area contributed by atoms with E-state index in [-0.39, 0.29) is 5.41 Å². The first-order valence-corrected chi connectivity index (χ1v) is 18.2. The first-order chi connectivity index (χ1) is 26.0. The van der Waals surface area contributed by atoms with Crippen LogP contribution in [0.4, 0.5) is 17.1 Å². The molecule has 7 aromatic carbocycles. The lowest BCUT2D eigenvalue weighted by molar-refractivity contribution is 0.633. The van der Waals surface area contributed by atoms with Crippen molar-refractivity contribution in [2.45, 2.75) is 19.3 Å². The number of benzene rings is 7. The van der Waals surface area contributed by atoms with Crippen LogP contribution in [0.5, 0.6) is 0 Å². The lowest BCUT2D eigenvalue weighted by atomic mass is 9.73. The maximum absolute atomic E-state index is 5.10. The molecule has 0 bridgehead atoms. The quantitative estimate of drug-likeness (QED) is 0.181. The lowest BCUT2D eigenvalue weighted by Gasteiger charge is -2.42. The smallest absolute Gasteiger partial charge is 0.160 e. The molecule has 0 amide bonds. The molecule has 0 saturated heterocycles. The third-order valence-electron chi connectivity index (χ3n) is 10.8. The SMILES string of the molecule is CC1(C)c2ccccc2N(c2ccc(-c3cc(-c4ccccc4)nc(-c4ccccc4)n3)cc2)c2cc3c(cc21)c1ccccc1n3-c1ccccc1. The number of hydrogen-bond acceptors (Lipinski definition) is 3. The average Bonchev–Trinajstić information content (AvgIpc) is 3.55. The number of para-hydroxylation sites is 3. The van der Waals surface area contributed by atoms with E-state index in [1.54, 1.807) is 0 Å². The summed E-state index contributed by atoms with van der Waals surface area (Å²) in [5, 5.41) is 2.52. The lowest BCUT2D eigenvalue weighted by Crippen LogP contribution is -2.30. The molecule has 3 heterocycles. The van der Waals surface area contributed by atoms with Crippen molar-refractivity contribution in [1.82, 2.24) is 14.5 Å². The highest BCUT2D eigenvalue weighted by molar-refractivity contribution is 6.11. The van der Waals surface area contributed by atoms with E-state index in [0.717, 1.165) is 39.5 Å². The first kappa shape index (κ1) is 31.0. The highest BCUT2D eigenvalue weighted by Crippen LogP contribution is 2.53. The van der Waals surface area contributed by atoms with E-state index in [4.69, 9.17) is 9.97 Å². The zero-order valence-corrected chi connectivity index (χ0v) is 29.6. The zero-order chi connectivity index (χ0) is 35.5. The Morgan fingerprint density at radius 3 is 1.72 bits per heavy atom. The van der Waals surface area contributed by atoms with Crippen molar-refractivity contribution in [3.8, 4) is 39.6 Å². The van der Waals surface area contributed by atoms with Crippen LogP contribution in [0.3, 0.4) is 0 Å². The van der Waals surface area contributed by atoms with Crippen molar-refractivity contribution in [3.05, 3.63) is 193 Å². The summed E-state index contributed by atoms with van der Waals surface area (Å²) in [6.45, 7) is 4.72. The van der Waals surface area contributed by atoms with Crippen LogP contribution in [0.25, 0.3) is 61.4 Å². The molecule has 4 nitrogen and oxygen atoms in total. The van der Waals surface area contributed by atoms with Gasteiger partial charge in [-0.3, -0.25) is 0 Å². The molecule has 0 N–H and O–H groups in total. The van der Waals surface area contributed by atoms with E-state index in [1.807, 2.05) is 24.3 Å². The third kappa shape index (κ3) is 5.06. The molecule has 9 aromatic rings. The highest BCUT2D eigenvalue weighted by Gasteiger charge is 2.37. The third-order valence-corrected chi connectivity index (χ3v) is 10.8. The molecule has 53 heavy (non-hydrogen) atoms. The fraction of sp³-hybridized carbons (Fsp3) is 0.0612. The Bertz CT molecular complexity index is 2730. The molecule has 0 radical (unpaired) electrons. The van der Waals surface area contributed by atoms with Gasteiger partial charge in [0.1, 0.15) is 0 Å². The van der Waals surface area contributed by atoms with Crippen LogP contribution in [0, 0.1) is 0 Å². The predicted molar refractivity (Wildman–Crippen MR) is 219 cm³/mol. The molecule has 1 aliphatic rings. The fourth-order valence-electron chi connectivity index (χ4n) is 8.14. The summed E-state index contributed by atoms with van der Waals surface area (Å²) in [5.74, 6) is 0.713. The molecule has 0 fully saturated rings. The van der Waals surface area contributed by atoms with Crippen molar-refractivity contribution < 1.29 is 0 Å². The van der Waals surface area contributed by atoms with Gasteiger partial charge in [-0.05, 0) is 65.7 Å². The Kier molecular flexibility index (Phi) is 7.12. The van der Waals surface area contributed by atoms with Gasteiger partial charge in [-0.25, -0.2) is 9.97 Å². The molecule has 252 valence electrons. The monoisotopic (exact) mass is 680 g/mol. The predicted octanol–water partition coefficient (Wildman–Crippen LogP) is 12.7. The minimum absolute atomic E-state index is 0.213. The number of nitrogens with zero attached hydrogens (tertiary/aromatic N) is 4. The summed E-state index contributed by atoms with van der Waals surface area (Å²) in [7, 11) is 0. The van der Waals surface area contributed by atoms with Gasteiger partial charge >= 0.3 is 0 Å². The van der Waals surface area contributed by atoms with Gasteiger partial charge < -0.3 is 9.47 Å².